The van der Waals surface area contributed by atoms with Gasteiger partial charge in [-0.15, -0.1) is 0 Å². The first kappa shape index (κ1) is 21.7. The predicted octanol–water partition coefficient (Wildman–Crippen LogP) is 5.13. The van der Waals surface area contributed by atoms with E-state index < -0.39 is 16.0 Å². The van der Waals surface area contributed by atoms with E-state index in [-0.39, 0.29) is 34.6 Å². The molecule has 0 unspecified atom stereocenters. The van der Waals surface area contributed by atoms with E-state index in [1.54, 1.807) is 24.3 Å². The van der Waals surface area contributed by atoms with Crippen LogP contribution in [0.2, 0.25) is 5.02 Å². The van der Waals surface area contributed by atoms with E-state index in [9.17, 15) is 13.2 Å². The number of aromatic carboxylic acids is 1. The van der Waals surface area contributed by atoms with Gasteiger partial charge in [-0.3, -0.25) is 4.72 Å². The van der Waals surface area contributed by atoms with Gasteiger partial charge in [0.15, 0.2) is 0 Å². The van der Waals surface area contributed by atoms with Gasteiger partial charge in [0.05, 0.1) is 17.5 Å². The summed E-state index contributed by atoms with van der Waals surface area (Å²) >= 11 is 6.05. The number of carboxylic acids is 1. The summed E-state index contributed by atoms with van der Waals surface area (Å²) in [5, 5.41) is 9.19. The fourth-order valence-corrected chi connectivity index (χ4v) is 4.26. The van der Waals surface area contributed by atoms with Crippen molar-refractivity contribution in [2.45, 2.75) is 31.5 Å². The molecule has 0 saturated heterocycles. The number of anilines is 1. The van der Waals surface area contributed by atoms with Crippen molar-refractivity contribution < 1.29 is 27.5 Å². The predicted molar refractivity (Wildman–Crippen MR) is 113 cm³/mol. The van der Waals surface area contributed by atoms with E-state index in [0.717, 1.165) is 0 Å². The average Bonchev–Trinajstić information content (AvgIpc) is 3.20. The normalized spacial score (nSPS) is 11.5. The van der Waals surface area contributed by atoms with E-state index in [4.69, 9.17) is 25.9 Å². The number of ether oxygens (including phenoxy) is 1. The summed E-state index contributed by atoms with van der Waals surface area (Å²) in [6.45, 7) is 3.83. The van der Waals surface area contributed by atoms with Crippen LogP contribution in [0.5, 0.6) is 5.75 Å². The van der Waals surface area contributed by atoms with E-state index >= 15 is 0 Å². The minimum Gasteiger partial charge on any atom is -0.487 e. The Hall–Kier alpha value is -2.97. The largest absolute Gasteiger partial charge is 0.487 e. The number of furan rings is 1. The number of benzene rings is 2. The molecule has 0 fully saturated rings. The van der Waals surface area contributed by atoms with Crippen molar-refractivity contribution in [3.05, 3.63) is 76.5 Å². The highest BCUT2D eigenvalue weighted by Gasteiger charge is 2.25. The molecule has 30 heavy (non-hydrogen) atoms. The van der Waals surface area contributed by atoms with E-state index in [1.165, 1.54) is 30.5 Å². The van der Waals surface area contributed by atoms with Gasteiger partial charge in [0.25, 0.3) is 10.0 Å². The van der Waals surface area contributed by atoms with E-state index in [0.29, 0.717) is 16.1 Å². The lowest BCUT2D eigenvalue weighted by Gasteiger charge is -2.14. The minimum atomic E-state index is -3.98. The SMILES string of the molecule is CC(C)c1ccoc1S(=O)(=O)Nc1ccc(Cl)cc1OCc1ccc(C(=O)O)cc1. The quantitative estimate of drug-likeness (QED) is 0.493. The maximum absolute atomic E-state index is 12.9. The Morgan fingerprint density at radius 2 is 1.87 bits per heavy atom. The third-order valence-corrected chi connectivity index (χ3v) is 5.85. The summed E-state index contributed by atoms with van der Waals surface area (Å²) < 4.78 is 39.2. The third-order valence-electron chi connectivity index (χ3n) is 4.31. The molecular formula is C21H20ClNO6S. The molecule has 0 radical (unpaired) electrons. The first-order valence-corrected chi connectivity index (χ1v) is 10.9. The zero-order chi connectivity index (χ0) is 21.9. The van der Waals surface area contributed by atoms with Gasteiger partial charge in [-0.2, -0.15) is 8.42 Å². The van der Waals surface area contributed by atoms with Crippen molar-refractivity contribution in [2.24, 2.45) is 0 Å². The first-order valence-electron chi connectivity index (χ1n) is 9.02. The topological polar surface area (TPSA) is 106 Å². The van der Waals surface area contributed by atoms with Gasteiger partial charge in [-0.25, -0.2) is 4.79 Å². The lowest BCUT2D eigenvalue weighted by Crippen LogP contribution is -2.15. The van der Waals surface area contributed by atoms with Crippen LogP contribution in [0.25, 0.3) is 0 Å². The van der Waals surface area contributed by atoms with Gasteiger partial charge in [0.2, 0.25) is 5.09 Å². The van der Waals surface area contributed by atoms with Gasteiger partial charge < -0.3 is 14.3 Å². The number of nitrogens with one attached hydrogen (secondary N) is 1. The molecule has 0 aliphatic carbocycles. The molecule has 3 rings (SSSR count). The third kappa shape index (κ3) is 4.95. The summed E-state index contributed by atoms with van der Waals surface area (Å²) in [6, 6.07) is 12.3. The summed E-state index contributed by atoms with van der Waals surface area (Å²) in [7, 11) is -3.98. The Balaban J connectivity index is 1.83. The Kier molecular flexibility index (Phi) is 6.38. The highest BCUT2D eigenvalue weighted by atomic mass is 35.5. The van der Waals surface area contributed by atoms with Crippen LogP contribution in [0.4, 0.5) is 5.69 Å². The summed E-state index contributed by atoms with van der Waals surface area (Å²) in [4.78, 5) is 11.0. The van der Waals surface area contributed by atoms with Gasteiger partial charge in [-0.1, -0.05) is 37.6 Å². The van der Waals surface area contributed by atoms with Gasteiger partial charge >= 0.3 is 5.97 Å². The van der Waals surface area contributed by atoms with Crippen molar-refractivity contribution in [3.8, 4) is 5.75 Å². The van der Waals surface area contributed by atoms with Gasteiger partial charge in [0, 0.05) is 16.7 Å². The van der Waals surface area contributed by atoms with Crippen molar-refractivity contribution in [1.29, 1.82) is 0 Å². The zero-order valence-corrected chi connectivity index (χ0v) is 17.8. The van der Waals surface area contributed by atoms with Crippen molar-refractivity contribution in [3.63, 3.8) is 0 Å². The van der Waals surface area contributed by atoms with Crippen LogP contribution in [0.15, 0.2) is 64.3 Å². The van der Waals surface area contributed by atoms with Crippen molar-refractivity contribution in [2.75, 3.05) is 4.72 Å². The monoisotopic (exact) mass is 449 g/mol. The van der Waals surface area contributed by atoms with Crippen LogP contribution in [0.3, 0.4) is 0 Å². The summed E-state index contributed by atoms with van der Waals surface area (Å²) in [5.74, 6) is -0.830. The molecular weight excluding hydrogens is 430 g/mol. The van der Waals surface area contributed by atoms with E-state index in [2.05, 4.69) is 4.72 Å². The van der Waals surface area contributed by atoms with Crippen LogP contribution in [0.1, 0.15) is 41.3 Å². The molecule has 0 aliphatic rings. The molecule has 0 aliphatic heterocycles. The highest BCUT2D eigenvalue weighted by molar-refractivity contribution is 7.92. The fourth-order valence-electron chi connectivity index (χ4n) is 2.75. The molecule has 158 valence electrons. The van der Waals surface area contributed by atoms with Crippen LogP contribution in [-0.4, -0.2) is 19.5 Å². The van der Waals surface area contributed by atoms with Crippen molar-refractivity contribution in [1.82, 2.24) is 0 Å². The Morgan fingerprint density at radius 1 is 1.17 bits per heavy atom. The molecule has 7 nitrogen and oxygen atoms in total. The van der Waals surface area contributed by atoms with Crippen LogP contribution in [-0.2, 0) is 16.6 Å². The molecule has 1 heterocycles. The second kappa shape index (κ2) is 8.81. The average molecular weight is 450 g/mol. The maximum atomic E-state index is 12.9. The maximum Gasteiger partial charge on any atom is 0.335 e. The zero-order valence-electron chi connectivity index (χ0n) is 16.3. The molecule has 0 bridgehead atoms. The molecule has 0 amide bonds. The Bertz CT molecular complexity index is 1150. The number of rotatable bonds is 8. The Morgan fingerprint density at radius 3 is 2.50 bits per heavy atom. The second-order valence-electron chi connectivity index (χ2n) is 6.85. The molecule has 0 atom stereocenters. The van der Waals surface area contributed by atoms with Gasteiger partial charge in [0.1, 0.15) is 12.4 Å². The number of sulfonamides is 1. The van der Waals surface area contributed by atoms with Crippen LogP contribution >= 0.6 is 11.6 Å². The molecule has 0 spiro atoms. The molecule has 3 aromatic rings. The molecule has 2 aromatic carbocycles. The Labute approximate surface area is 179 Å². The lowest BCUT2D eigenvalue weighted by molar-refractivity contribution is 0.0697. The standard InChI is InChI=1S/C21H20ClNO6S/c1-13(2)17-9-10-28-21(17)30(26,27)23-18-8-7-16(22)11-19(18)29-12-14-3-5-15(6-4-14)20(24)25/h3-11,13,23H,12H2,1-2H3,(H,24,25). The second-order valence-corrected chi connectivity index (χ2v) is 8.87. The van der Waals surface area contributed by atoms with E-state index in [1.807, 2.05) is 13.8 Å². The number of hydrogen-bond acceptors (Lipinski definition) is 5. The number of halogens is 1. The first-order chi connectivity index (χ1) is 14.2. The number of carbonyl (C=O) groups is 1. The fraction of sp³-hybridized carbons (Fsp3) is 0.190. The summed E-state index contributed by atoms with van der Waals surface area (Å²) in [5.41, 5.74) is 1.64. The highest BCUT2D eigenvalue weighted by Crippen LogP contribution is 2.33. The van der Waals surface area contributed by atoms with Crippen molar-refractivity contribution >= 4 is 33.3 Å². The molecule has 9 heteroatoms. The number of carboxylic acid groups (broad SMARTS) is 1. The number of hydrogen-bond donors (Lipinski definition) is 2. The van der Waals surface area contributed by atoms with Gasteiger partial charge in [-0.05, 0) is 41.8 Å². The minimum absolute atomic E-state index is 0.0370. The van der Waals surface area contributed by atoms with Crippen LogP contribution < -0.4 is 9.46 Å². The molecule has 0 saturated carbocycles. The lowest BCUT2D eigenvalue weighted by atomic mass is 10.1. The molecule has 1 aromatic heterocycles. The molecule has 2 N–H and O–H groups in total. The summed E-state index contributed by atoms with van der Waals surface area (Å²) in [6.07, 6.45) is 1.34. The van der Waals surface area contributed by atoms with Crippen LogP contribution in [0, 0.1) is 0 Å². The smallest absolute Gasteiger partial charge is 0.335 e.